The molecule has 1 heterocycles. The SMILES string of the molecule is CC(C)(C)OC(=O)[C@H](Cc1ccc(NC(=O)N2CCNCC2)cc1)NC=O. The molecule has 27 heavy (non-hydrogen) atoms. The van der Waals surface area contributed by atoms with Crippen LogP contribution < -0.4 is 16.0 Å². The minimum atomic E-state index is -0.761. The van der Waals surface area contributed by atoms with Crippen molar-refractivity contribution in [3.63, 3.8) is 0 Å². The second-order valence-corrected chi connectivity index (χ2v) is 7.44. The third-order valence-corrected chi connectivity index (χ3v) is 4.01. The number of urea groups is 1. The van der Waals surface area contributed by atoms with Crippen LogP contribution in [-0.2, 0) is 20.7 Å². The lowest BCUT2D eigenvalue weighted by Crippen LogP contribution is -2.48. The Hall–Kier alpha value is -2.61. The molecule has 0 bridgehead atoms. The number of carbonyl (C=O) groups excluding carboxylic acids is 3. The highest BCUT2D eigenvalue weighted by Crippen LogP contribution is 2.14. The summed E-state index contributed by atoms with van der Waals surface area (Å²) >= 11 is 0. The summed E-state index contributed by atoms with van der Waals surface area (Å²) in [5, 5.41) is 8.58. The maximum atomic E-state index is 12.2. The van der Waals surface area contributed by atoms with Gasteiger partial charge in [0, 0.05) is 38.3 Å². The minimum absolute atomic E-state index is 0.126. The number of amides is 3. The number of hydrogen-bond donors (Lipinski definition) is 3. The predicted octanol–water partition coefficient (Wildman–Crippen LogP) is 1.12. The molecule has 0 spiro atoms. The van der Waals surface area contributed by atoms with Gasteiger partial charge in [-0.05, 0) is 38.5 Å². The molecule has 0 radical (unpaired) electrons. The molecule has 0 aromatic heterocycles. The lowest BCUT2D eigenvalue weighted by atomic mass is 10.1. The number of carbonyl (C=O) groups is 3. The van der Waals surface area contributed by atoms with Crippen molar-refractivity contribution in [1.82, 2.24) is 15.5 Å². The van der Waals surface area contributed by atoms with Gasteiger partial charge in [-0.15, -0.1) is 0 Å². The van der Waals surface area contributed by atoms with Crippen molar-refractivity contribution >= 4 is 24.1 Å². The maximum absolute atomic E-state index is 12.2. The van der Waals surface area contributed by atoms with Gasteiger partial charge in [-0.1, -0.05) is 12.1 Å². The summed E-state index contributed by atoms with van der Waals surface area (Å²) in [5.41, 5.74) is 0.901. The van der Waals surface area contributed by atoms with Crippen molar-refractivity contribution in [1.29, 1.82) is 0 Å². The molecule has 1 aromatic rings. The molecule has 8 nitrogen and oxygen atoms in total. The number of esters is 1. The van der Waals surface area contributed by atoms with E-state index < -0.39 is 17.6 Å². The van der Waals surface area contributed by atoms with E-state index >= 15 is 0 Å². The van der Waals surface area contributed by atoms with E-state index in [4.69, 9.17) is 4.74 Å². The molecule has 2 rings (SSSR count). The highest BCUT2D eigenvalue weighted by molar-refractivity contribution is 5.89. The van der Waals surface area contributed by atoms with E-state index in [1.54, 1.807) is 37.8 Å². The number of piperazine rings is 1. The quantitative estimate of drug-likeness (QED) is 0.510. The molecular formula is C19H28N4O4. The van der Waals surface area contributed by atoms with E-state index in [0.29, 0.717) is 31.6 Å². The summed E-state index contributed by atoms with van der Waals surface area (Å²) in [6, 6.07) is 6.31. The lowest BCUT2D eigenvalue weighted by Gasteiger charge is -2.27. The van der Waals surface area contributed by atoms with Gasteiger partial charge >= 0.3 is 12.0 Å². The summed E-state index contributed by atoms with van der Waals surface area (Å²) in [6.07, 6.45) is 0.802. The van der Waals surface area contributed by atoms with E-state index in [1.807, 2.05) is 12.1 Å². The molecule has 1 saturated heterocycles. The average molecular weight is 376 g/mol. The van der Waals surface area contributed by atoms with E-state index in [-0.39, 0.29) is 6.03 Å². The smallest absolute Gasteiger partial charge is 0.329 e. The van der Waals surface area contributed by atoms with Gasteiger partial charge < -0.3 is 25.6 Å². The molecule has 1 atom stereocenters. The lowest BCUT2D eigenvalue weighted by molar-refractivity contribution is -0.158. The molecule has 0 saturated carbocycles. The number of nitrogens with zero attached hydrogens (tertiary/aromatic N) is 1. The number of ether oxygens (including phenoxy) is 1. The van der Waals surface area contributed by atoms with Gasteiger partial charge in [-0.3, -0.25) is 4.79 Å². The summed E-state index contributed by atoms with van der Waals surface area (Å²) < 4.78 is 5.34. The van der Waals surface area contributed by atoms with Gasteiger partial charge in [0.2, 0.25) is 6.41 Å². The van der Waals surface area contributed by atoms with Crippen LogP contribution in [0.15, 0.2) is 24.3 Å². The normalized spacial score (nSPS) is 15.6. The van der Waals surface area contributed by atoms with Crippen molar-refractivity contribution in [2.24, 2.45) is 0 Å². The minimum Gasteiger partial charge on any atom is -0.458 e. The first-order chi connectivity index (χ1) is 12.8. The van der Waals surface area contributed by atoms with Gasteiger partial charge in [-0.2, -0.15) is 0 Å². The predicted molar refractivity (Wildman–Crippen MR) is 102 cm³/mol. The molecule has 0 unspecified atom stereocenters. The van der Waals surface area contributed by atoms with Crippen molar-refractivity contribution in [2.45, 2.75) is 38.8 Å². The Bertz CT molecular complexity index is 649. The summed E-state index contributed by atoms with van der Waals surface area (Å²) in [7, 11) is 0. The Kier molecular flexibility index (Phi) is 7.18. The first-order valence-corrected chi connectivity index (χ1v) is 9.06. The van der Waals surface area contributed by atoms with Gasteiger partial charge in [0.15, 0.2) is 0 Å². The molecular weight excluding hydrogens is 348 g/mol. The highest BCUT2D eigenvalue weighted by Gasteiger charge is 2.25. The standard InChI is InChI=1S/C19H28N4O4/c1-19(2,3)27-17(25)16(21-13-24)12-14-4-6-15(7-5-14)22-18(26)23-10-8-20-9-11-23/h4-7,13,16,20H,8-12H2,1-3H3,(H,21,24)(H,22,26)/t16-/m0/s1. The van der Waals surface area contributed by atoms with Crippen LogP contribution in [-0.4, -0.2) is 61.1 Å². The summed E-state index contributed by atoms with van der Waals surface area (Å²) in [5.74, 6) is -0.481. The molecule has 1 aliphatic rings. The topological polar surface area (TPSA) is 99.8 Å². The third-order valence-electron chi connectivity index (χ3n) is 4.01. The van der Waals surface area contributed by atoms with Crippen molar-refractivity contribution in [3.8, 4) is 0 Å². The van der Waals surface area contributed by atoms with Crippen LogP contribution in [0.5, 0.6) is 0 Å². The molecule has 3 amide bonds. The summed E-state index contributed by atoms with van der Waals surface area (Å²) in [6.45, 7) is 8.28. The Morgan fingerprint density at radius 3 is 2.41 bits per heavy atom. The Morgan fingerprint density at radius 2 is 1.85 bits per heavy atom. The van der Waals surface area contributed by atoms with Gasteiger partial charge in [0.25, 0.3) is 0 Å². The van der Waals surface area contributed by atoms with Crippen LogP contribution in [0.3, 0.4) is 0 Å². The van der Waals surface area contributed by atoms with E-state index in [0.717, 1.165) is 18.7 Å². The van der Waals surface area contributed by atoms with Gasteiger partial charge in [-0.25, -0.2) is 9.59 Å². The fourth-order valence-corrected chi connectivity index (χ4v) is 2.70. The van der Waals surface area contributed by atoms with Crippen LogP contribution in [0, 0.1) is 0 Å². The zero-order chi connectivity index (χ0) is 19.9. The molecule has 1 fully saturated rings. The van der Waals surface area contributed by atoms with Gasteiger partial charge in [0.1, 0.15) is 11.6 Å². The van der Waals surface area contributed by atoms with Crippen molar-refractivity contribution in [2.75, 3.05) is 31.5 Å². The molecule has 148 valence electrons. The first-order valence-electron chi connectivity index (χ1n) is 9.06. The fourth-order valence-electron chi connectivity index (χ4n) is 2.70. The zero-order valence-corrected chi connectivity index (χ0v) is 16.1. The van der Waals surface area contributed by atoms with E-state index in [1.165, 1.54) is 0 Å². The summed E-state index contributed by atoms with van der Waals surface area (Å²) in [4.78, 5) is 37.0. The highest BCUT2D eigenvalue weighted by atomic mass is 16.6. The van der Waals surface area contributed by atoms with Crippen LogP contribution in [0.4, 0.5) is 10.5 Å². The molecule has 1 aromatic carbocycles. The second kappa shape index (κ2) is 9.36. The number of anilines is 1. The Labute approximate surface area is 159 Å². The first kappa shape index (κ1) is 20.7. The largest absolute Gasteiger partial charge is 0.458 e. The Balaban J connectivity index is 1.95. The van der Waals surface area contributed by atoms with E-state index in [2.05, 4.69) is 16.0 Å². The maximum Gasteiger partial charge on any atom is 0.329 e. The van der Waals surface area contributed by atoms with Crippen molar-refractivity contribution in [3.05, 3.63) is 29.8 Å². The van der Waals surface area contributed by atoms with Gasteiger partial charge in [0.05, 0.1) is 0 Å². The molecule has 3 N–H and O–H groups in total. The van der Waals surface area contributed by atoms with Crippen LogP contribution >= 0.6 is 0 Å². The number of benzene rings is 1. The van der Waals surface area contributed by atoms with Crippen LogP contribution in [0.25, 0.3) is 0 Å². The number of rotatable bonds is 6. The average Bonchev–Trinajstić information content (AvgIpc) is 2.62. The Morgan fingerprint density at radius 1 is 1.22 bits per heavy atom. The fraction of sp³-hybridized carbons (Fsp3) is 0.526. The molecule has 1 aliphatic heterocycles. The van der Waals surface area contributed by atoms with Crippen molar-refractivity contribution < 1.29 is 19.1 Å². The zero-order valence-electron chi connectivity index (χ0n) is 16.1. The number of hydrogen-bond acceptors (Lipinski definition) is 5. The van der Waals surface area contributed by atoms with Crippen LogP contribution in [0.2, 0.25) is 0 Å². The van der Waals surface area contributed by atoms with Crippen LogP contribution in [0.1, 0.15) is 26.3 Å². The number of nitrogens with one attached hydrogen (secondary N) is 3. The third kappa shape index (κ3) is 6.90. The van der Waals surface area contributed by atoms with E-state index in [9.17, 15) is 14.4 Å². The molecule has 0 aliphatic carbocycles. The second-order valence-electron chi connectivity index (χ2n) is 7.44. The molecule has 8 heteroatoms. The monoisotopic (exact) mass is 376 g/mol.